The van der Waals surface area contributed by atoms with E-state index in [1.54, 1.807) is 24.6 Å². The van der Waals surface area contributed by atoms with Crippen LogP contribution in [0, 0.1) is 6.92 Å². The van der Waals surface area contributed by atoms with Crippen molar-refractivity contribution in [1.29, 1.82) is 0 Å². The van der Waals surface area contributed by atoms with Crippen molar-refractivity contribution in [2.75, 3.05) is 13.1 Å². The molecule has 0 amide bonds. The molecule has 0 radical (unpaired) electrons. The number of fused-ring (bicyclic) bond motifs is 1. The predicted octanol–water partition coefficient (Wildman–Crippen LogP) is 2.60. The summed E-state index contributed by atoms with van der Waals surface area (Å²) in [7, 11) is -3.67. The molecule has 158 valence electrons. The number of thiazole rings is 1. The van der Waals surface area contributed by atoms with Crippen LogP contribution in [-0.2, 0) is 21.4 Å². The highest BCUT2D eigenvalue weighted by atomic mass is 32.2. The van der Waals surface area contributed by atoms with E-state index in [2.05, 4.69) is 4.98 Å². The third-order valence-electron chi connectivity index (χ3n) is 5.06. The summed E-state index contributed by atoms with van der Waals surface area (Å²) in [6, 6.07) is 5.83. The number of hydrogen-bond donors (Lipinski definition) is 0. The summed E-state index contributed by atoms with van der Waals surface area (Å²) in [5, 5.41) is 1.75. The number of benzene rings is 1. The molecule has 4 rings (SSSR count). The number of hydrogen-bond acceptors (Lipinski definition) is 7. The maximum atomic E-state index is 13.0. The first kappa shape index (κ1) is 20.7. The number of carbonyl (C=O) groups excluding carboxylic acids is 1. The van der Waals surface area contributed by atoms with E-state index in [1.165, 1.54) is 38.2 Å². The number of carbonyl (C=O) groups is 1. The largest absolute Gasteiger partial charge is 0.456 e. The molecule has 1 aliphatic rings. The fourth-order valence-corrected chi connectivity index (χ4v) is 5.94. The summed E-state index contributed by atoms with van der Waals surface area (Å²) in [5.74, 6) is -0.668. The van der Waals surface area contributed by atoms with Gasteiger partial charge < -0.3 is 4.74 Å². The van der Waals surface area contributed by atoms with Crippen molar-refractivity contribution < 1.29 is 17.9 Å². The molecule has 0 atom stereocenters. The van der Waals surface area contributed by atoms with Crippen LogP contribution in [-0.4, -0.2) is 41.2 Å². The third-order valence-corrected chi connectivity index (χ3v) is 7.86. The Bertz CT molecular complexity index is 1260. The van der Waals surface area contributed by atoms with Gasteiger partial charge >= 0.3 is 5.97 Å². The van der Waals surface area contributed by atoms with E-state index in [0.717, 1.165) is 19.3 Å². The smallest absolute Gasteiger partial charge is 0.338 e. The van der Waals surface area contributed by atoms with Crippen LogP contribution in [0.3, 0.4) is 0 Å². The van der Waals surface area contributed by atoms with Crippen LogP contribution < -0.4 is 5.56 Å². The van der Waals surface area contributed by atoms with Crippen LogP contribution in [0.1, 0.15) is 40.9 Å². The van der Waals surface area contributed by atoms with Crippen molar-refractivity contribution in [2.24, 2.45) is 0 Å². The Labute approximate surface area is 177 Å². The van der Waals surface area contributed by atoms with Gasteiger partial charge in [-0.25, -0.2) is 18.2 Å². The Balaban J connectivity index is 1.54. The summed E-state index contributed by atoms with van der Waals surface area (Å²) >= 11 is 1.31. The Morgan fingerprint density at radius 1 is 1.20 bits per heavy atom. The maximum Gasteiger partial charge on any atom is 0.338 e. The molecule has 0 unspecified atom stereocenters. The summed E-state index contributed by atoms with van der Waals surface area (Å²) in [5.41, 5.74) is 0.807. The Kier molecular flexibility index (Phi) is 5.72. The monoisotopic (exact) mass is 447 g/mol. The average molecular weight is 448 g/mol. The van der Waals surface area contributed by atoms with Crippen molar-refractivity contribution >= 4 is 32.3 Å². The van der Waals surface area contributed by atoms with Crippen LogP contribution >= 0.6 is 11.3 Å². The number of ether oxygens (including phenoxy) is 1. The van der Waals surface area contributed by atoms with E-state index in [-0.39, 0.29) is 22.6 Å². The maximum absolute atomic E-state index is 13.0. The molecule has 10 heteroatoms. The molecule has 3 aromatic rings. The Hall–Kier alpha value is -2.56. The second kappa shape index (κ2) is 8.29. The number of esters is 1. The van der Waals surface area contributed by atoms with Crippen molar-refractivity contribution in [3.63, 3.8) is 0 Å². The highest BCUT2D eigenvalue weighted by Gasteiger charge is 2.28. The van der Waals surface area contributed by atoms with Gasteiger partial charge in [-0.05, 0) is 37.5 Å². The first-order chi connectivity index (χ1) is 14.4. The molecule has 8 nitrogen and oxygen atoms in total. The van der Waals surface area contributed by atoms with Crippen molar-refractivity contribution in [3.05, 3.63) is 63.0 Å². The number of aromatic nitrogens is 2. The SMILES string of the molecule is Cc1ccc(C(=O)OCc2cc(=O)n3ccsc3n2)cc1S(=O)(=O)N1CCCCC1. The molecule has 0 aliphatic carbocycles. The minimum atomic E-state index is -3.67. The van der Waals surface area contributed by atoms with Gasteiger partial charge in [0.05, 0.1) is 16.2 Å². The summed E-state index contributed by atoms with van der Waals surface area (Å²) < 4.78 is 34.2. The fraction of sp³-hybridized carbons (Fsp3) is 0.350. The van der Waals surface area contributed by atoms with E-state index in [1.807, 2.05) is 0 Å². The van der Waals surface area contributed by atoms with Gasteiger partial charge in [0.2, 0.25) is 10.0 Å². The van der Waals surface area contributed by atoms with E-state index < -0.39 is 16.0 Å². The summed E-state index contributed by atoms with van der Waals surface area (Å²) in [4.78, 5) is 29.5. The molecular weight excluding hydrogens is 426 g/mol. The molecule has 0 bridgehead atoms. The van der Waals surface area contributed by atoms with Crippen LogP contribution in [0.4, 0.5) is 0 Å². The molecule has 3 heterocycles. The molecule has 2 aromatic heterocycles. The van der Waals surface area contributed by atoms with Crippen LogP contribution in [0.5, 0.6) is 0 Å². The van der Waals surface area contributed by atoms with Crippen LogP contribution in [0.2, 0.25) is 0 Å². The Morgan fingerprint density at radius 3 is 2.73 bits per heavy atom. The number of rotatable bonds is 5. The second-order valence-electron chi connectivity index (χ2n) is 7.16. The normalized spacial score (nSPS) is 15.4. The lowest BCUT2D eigenvalue weighted by Crippen LogP contribution is -2.36. The van der Waals surface area contributed by atoms with Gasteiger partial charge in [-0.3, -0.25) is 9.20 Å². The zero-order valence-corrected chi connectivity index (χ0v) is 18.0. The van der Waals surface area contributed by atoms with Crippen molar-refractivity contribution in [3.8, 4) is 0 Å². The predicted molar refractivity (Wildman–Crippen MR) is 112 cm³/mol. The lowest BCUT2D eigenvalue weighted by atomic mass is 10.1. The highest BCUT2D eigenvalue weighted by molar-refractivity contribution is 7.89. The molecule has 0 spiro atoms. The minimum Gasteiger partial charge on any atom is -0.456 e. The zero-order valence-electron chi connectivity index (χ0n) is 16.4. The number of nitrogens with zero attached hydrogens (tertiary/aromatic N) is 3. The van der Waals surface area contributed by atoms with Gasteiger partial charge in [0.1, 0.15) is 6.61 Å². The molecule has 1 saturated heterocycles. The number of aryl methyl sites for hydroxylation is 1. The first-order valence-electron chi connectivity index (χ1n) is 9.60. The lowest BCUT2D eigenvalue weighted by Gasteiger charge is -2.26. The van der Waals surface area contributed by atoms with E-state index in [0.29, 0.717) is 29.3 Å². The van der Waals surface area contributed by atoms with Gasteiger partial charge in [0, 0.05) is 30.7 Å². The number of piperidine rings is 1. The standard InChI is InChI=1S/C20H21N3O5S2/c1-14-5-6-15(11-17(14)30(26,27)22-7-3-2-4-8-22)19(25)28-13-16-12-18(24)23-9-10-29-20(23)21-16/h5-6,9-12H,2-4,7-8,13H2,1H3. The van der Waals surface area contributed by atoms with E-state index in [9.17, 15) is 18.0 Å². The zero-order chi connectivity index (χ0) is 21.3. The van der Waals surface area contributed by atoms with Gasteiger partial charge in [0.25, 0.3) is 5.56 Å². The van der Waals surface area contributed by atoms with Gasteiger partial charge in [-0.1, -0.05) is 12.5 Å². The van der Waals surface area contributed by atoms with Crippen LogP contribution in [0.25, 0.3) is 4.96 Å². The average Bonchev–Trinajstić information content (AvgIpc) is 3.22. The van der Waals surface area contributed by atoms with E-state index >= 15 is 0 Å². The molecule has 1 aromatic carbocycles. The lowest BCUT2D eigenvalue weighted by molar-refractivity contribution is 0.0467. The first-order valence-corrected chi connectivity index (χ1v) is 11.9. The molecule has 30 heavy (non-hydrogen) atoms. The Morgan fingerprint density at radius 2 is 1.97 bits per heavy atom. The van der Waals surface area contributed by atoms with E-state index in [4.69, 9.17) is 4.74 Å². The fourth-order valence-electron chi connectivity index (χ4n) is 3.43. The molecule has 0 N–H and O–H groups in total. The third kappa shape index (κ3) is 4.03. The topological polar surface area (TPSA) is 98.0 Å². The highest BCUT2D eigenvalue weighted by Crippen LogP contribution is 2.24. The second-order valence-corrected chi connectivity index (χ2v) is 9.94. The van der Waals surface area contributed by atoms with Gasteiger partial charge in [-0.2, -0.15) is 4.31 Å². The van der Waals surface area contributed by atoms with Crippen molar-refractivity contribution in [2.45, 2.75) is 37.7 Å². The van der Waals surface area contributed by atoms with Gasteiger partial charge in [0.15, 0.2) is 4.96 Å². The molecule has 1 fully saturated rings. The summed E-state index contributed by atoms with van der Waals surface area (Å²) in [6.07, 6.45) is 4.32. The number of sulfonamides is 1. The molecule has 1 aliphatic heterocycles. The van der Waals surface area contributed by atoms with Gasteiger partial charge in [-0.15, -0.1) is 11.3 Å². The minimum absolute atomic E-state index is 0.121. The van der Waals surface area contributed by atoms with Crippen LogP contribution in [0.15, 0.2) is 45.5 Å². The molecule has 0 saturated carbocycles. The van der Waals surface area contributed by atoms with Crippen molar-refractivity contribution in [1.82, 2.24) is 13.7 Å². The molecular formula is C20H21N3O5S2. The quantitative estimate of drug-likeness (QED) is 0.558. The summed E-state index contributed by atoms with van der Waals surface area (Å²) in [6.45, 7) is 2.51.